The number of thiophene rings is 1. The van der Waals surface area contributed by atoms with Crippen molar-refractivity contribution in [1.82, 2.24) is 9.55 Å². The van der Waals surface area contributed by atoms with Gasteiger partial charge in [0.1, 0.15) is 10.9 Å². The van der Waals surface area contributed by atoms with Gasteiger partial charge in [0.2, 0.25) is 0 Å². The monoisotopic (exact) mass is 264 g/mol. The molecule has 1 atom stereocenters. The van der Waals surface area contributed by atoms with Crippen LogP contribution in [0, 0.1) is 0 Å². The number of alkyl halides is 3. The van der Waals surface area contributed by atoms with Crippen LogP contribution in [0.4, 0.5) is 13.2 Å². The van der Waals surface area contributed by atoms with Crippen LogP contribution in [0.3, 0.4) is 0 Å². The van der Waals surface area contributed by atoms with Crippen LogP contribution in [0.2, 0.25) is 0 Å². The maximum atomic E-state index is 12.5. The van der Waals surface area contributed by atoms with E-state index in [2.05, 4.69) is 4.98 Å². The summed E-state index contributed by atoms with van der Waals surface area (Å²) < 4.78 is 37.7. The first-order chi connectivity index (χ1) is 7.82. The van der Waals surface area contributed by atoms with Gasteiger partial charge in [0.15, 0.2) is 0 Å². The summed E-state index contributed by atoms with van der Waals surface area (Å²) in [7, 11) is 0. The molecule has 0 aliphatic rings. The SMILES string of the molecule is C[C@H](n1c(=O)[nH]c2sccc2c1=O)C(F)(F)F. The van der Waals surface area contributed by atoms with E-state index in [1.165, 1.54) is 11.4 Å². The Labute approximate surface area is 96.3 Å². The topological polar surface area (TPSA) is 54.9 Å². The van der Waals surface area contributed by atoms with Crippen LogP contribution >= 0.6 is 11.3 Å². The molecule has 2 rings (SSSR count). The lowest BCUT2D eigenvalue weighted by atomic mass is 10.3. The first-order valence-corrected chi connectivity index (χ1v) is 5.49. The van der Waals surface area contributed by atoms with Crippen LogP contribution in [0.5, 0.6) is 0 Å². The molecule has 0 saturated heterocycles. The molecule has 2 aromatic heterocycles. The number of nitrogens with zero attached hydrogens (tertiary/aromatic N) is 1. The molecule has 0 fully saturated rings. The van der Waals surface area contributed by atoms with Crippen molar-refractivity contribution in [3.63, 3.8) is 0 Å². The predicted molar refractivity (Wildman–Crippen MR) is 57.5 cm³/mol. The third-order valence-electron chi connectivity index (χ3n) is 2.41. The van der Waals surface area contributed by atoms with E-state index in [9.17, 15) is 22.8 Å². The number of aromatic nitrogens is 2. The van der Waals surface area contributed by atoms with E-state index >= 15 is 0 Å². The first kappa shape index (κ1) is 11.9. The fraction of sp³-hybridized carbons (Fsp3) is 0.333. The Balaban J connectivity index is 2.78. The molecule has 0 bridgehead atoms. The lowest BCUT2D eigenvalue weighted by Crippen LogP contribution is -2.42. The van der Waals surface area contributed by atoms with Gasteiger partial charge in [0.25, 0.3) is 5.56 Å². The van der Waals surface area contributed by atoms with E-state index in [1.54, 1.807) is 0 Å². The average Bonchev–Trinajstić information content (AvgIpc) is 2.64. The zero-order valence-corrected chi connectivity index (χ0v) is 9.35. The zero-order chi connectivity index (χ0) is 12.8. The van der Waals surface area contributed by atoms with E-state index in [4.69, 9.17) is 0 Å². The molecular weight excluding hydrogens is 257 g/mol. The van der Waals surface area contributed by atoms with E-state index in [0.717, 1.165) is 18.3 Å². The third-order valence-corrected chi connectivity index (χ3v) is 3.24. The second kappa shape index (κ2) is 3.73. The summed E-state index contributed by atoms with van der Waals surface area (Å²) in [5, 5.41) is 1.62. The summed E-state index contributed by atoms with van der Waals surface area (Å²) >= 11 is 1.09. The average molecular weight is 264 g/mol. The van der Waals surface area contributed by atoms with E-state index in [-0.39, 0.29) is 14.8 Å². The third kappa shape index (κ3) is 1.88. The normalized spacial score (nSPS) is 14.1. The molecule has 0 aliphatic heterocycles. The largest absolute Gasteiger partial charge is 0.409 e. The molecule has 0 spiro atoms. The quantitative estimate of drug-likeness (QED) is 0.855. The van der Waals surface area contributed by atoms with Crippen molar-refractivity contribution in [3.05, 3.63) is 32.3 Å². The van der Waals surface area contributed by atoms with Crippen molar-refractivity contribution < 1.29 is 13.2 Å². The molecule has 1 N–H and O–H groups in total. The van der Waals surface area contributed by atoms with Crippen LogP contribution in [0.25, 0.3) is 10.2 Å². The zero-order valence-electron chi connectivity index (χ0n) is 8.54. The lowest BCUT2D eigenvalue weighted by molar-refractivity contribution is -0.164. The van der Waals surface area contributed by atoms with E-state index in [1.807, 2.05) is 0 Å². The first-order valence-electron chi connectivity index (χ1n) is 4.61. The summed E-state index contributed by atoms with van der Waals surface area (Å²) in [4.78, 5) is 25.7. The molecule has 2 aromatic rings. The van der Waals surface area contributed by atoms with E-state index < -0.39 is 23.5 Å². The van der Waals surface area contributed by atoms with Crippen molar-refractivity contribution in [2.45, 2.75) is 19.1 Å². The molecule has 0 saturated carbocycles. The summed E-state index contributed by atoms with van der Waals surface area (Å²) in [6, 6.07) is -0.763. The number of halogens is 3. The summed E-state index contributed by atoms with van der Waals surface area (Å²) in [6.45, 7) is 0.773. The fourth-order valence-corrected chi connectivity index (χ4v) is 2.22. The second-order valence-corrected chi connectivity index (χ2v) is 4.40. The molecule has 4 nitrogen and oxygen atoms in total. The van der Waals surface area contributed by atoms with Gasteiger partial charge in [-0.15, -0.1) is 11.3 Å². The highest BCUT2D eigenvalue weighted by atomic mass is 32.1. The molecule has 0 aromatic carbocycles. The number of hydrogen-bond acceptors (Lipinski definition) is 3. The van der Waals surface area contributed by atoms with E-state index in [0.29, 0.717) is 0 Å². The molecular formula is C9H7F3N2O2S. The van der Waals surface area contributed by atoms with Crippen molar-refractivity contribution in [3.8, 4) is 0 Å². The summed E-state index contributed by atoms with van der Waals surface area (Å²) in [5.74, 6) is 0. The van der Waals surface area contributed by atoms with Gasteiger partial charge < -0.3 is 0 Å². The summed E-state index contributed by atoms with van der Waals surface area (Å²) in [5.41, 5.74) is -1.97. The van der Waals surface area contributed by atoms with Crippen LogP contribution in [-0.2, 0) is 0 Å². The number of H-pyrrole nitrogens is 1. The Hall–Kier alpha value is -1.57. The molecule has 0 radical (unpaired) electrons. The Morgan fingerprint density at radius 1 is 1.41 bits per heavy atom. The van der Waals surface area contributed by atoms with Crippen molar-refractivity contribution in [2.24, 2.45) is 0 Å². The highest BCUT2D eigenvalue weighted by Gasteiger charge is 2.39. The highest BCUT2D eigenvalue weighted by Crippen LogP contribution is 2.28. The van der Waals surface area contributed by atoms with Crippen LogP contribution < -0.4 is 11.2 Å². The highest BCUT2D eigenvalue weighted by molar-refractivity contribution is 7.16. The van der Waals surface area contributed by atoms with Gasteiger partial charge in [-0.25, -0.2) is 9.36 Å². The molecule has 2 heterocycles. The van der Waals surface area contributed by atoms with Gasteiger partial charge in [0, 0.05) is 0 Å². The molecule has 92 valence electrons. The van der Waals surface area contributed by atoms with Gasteiger partial charge >= 0.3 is 11.9 Å². The maximum absolute atomic E-state index is 12.5. The van der Waals surface area contributed by atoms with Crippen LogP contribution in [-0.4, -0.2) is 15.7 Å². The standard InChI is InChI=1S/C9H7F3N2O2S/c1-4(9(10,11)12)14-7(15)5-2-3-17-6(5)13-8(14)16/h2-4H,1H3,(H,13,16)/t4-/m0/s1. The van der Waals surface area contributed by atoms with Gasteiger partial charge in [-0.2, -0.15) is 13.2 Å². The number of rotatable bonds is 1. The number of fused-ring (bicyclic) bond motifs is 1. The Kier molecular flexibility index (Phi) is 2.61. The smallest absolute Gasteiger partial charge is 0.298 e. The van der Waals surface area contributed by atoms with Crippen molar-refractivity contribution >= 4 is 21.6 Å². The molecule has 0 aliphatic carbocycles. The number of nitrogens with one attached hydrogen (secondary N) is 1. The number of hydrogen-bond donors (Lipinski definition) is 1. The van der Waals surface area contributed by atoms with Crippen molar-refractivity contribution in [2.75, 3.05) is 0 Å². The van der Waals surface area contributed by atoms with Gasteiger partial charge in [-0.1, -0.05) is 0 Å². The van der Waals surface area contributed by atoms with Gasteiger partial charge in [0.05, 0.1) is 5.39 Å². The molecule has 0 amide bonds. The predicted octanol–water partition coefficient (Wildman–Crippen LogP) is 1.87. The Morgan fingerprint density at radius 2 is 2.06 bits per heavy atom. The Bertz CT molecular complexity index is 667. The molecule has 0 unspecified atom stereocenters. The minimum Gasteiger partial charge on any atom is -0.298 e. The van der Waals surface area contributed by atoms with Crippen LogP contribution in [0.1, 0.15) is 13.0 Å². The summed E-state index contributed by atoms with van der Waals surface area (Å²) in [6.07, 6.45) is -4.64. The minimum absolute atomic E-state index is 0.0886. The molecule has 8 heteroatoms. The number of aromatic amines is 1. The second-order valence-electron chi connectivity index (χ2n) is 3.49. The maximum Gasteiger partial charge on any atom is 0.409 e. The lowest BCUT2D eigenvalue weighted by Gasteiger charge is -2.16. The van der Waals surface area contributed by atoms with Crippen LogP contribution in [0.15, 0.2) is 21.0 Å². The van der Waals surface area contributed by atoms with Gasteiger partial charge in [-0.3, -0.25) is 9.78 Å². The molecule has 17 heavy (non-hydrogen) atoms. The minimum atomic E-state index is -4.64. The Morgan fingerprint density at radius 3 is 2.65 bits per heavy atom. The fourth-order valence-electron chi connectivity index (χ4n) is 1.45. The van der Waals surface area contributed by atoms with Crippen molar-refractivity contribution in [1.29, 1.82) is 0 Å². The van der Waals surface area contributed by atoms with Gasteiger partial charge in [-0.05, 0) is 18.4 Å².